The van der Waals surface area contributed by atoms with Gasteiger partial charge in [0.05, 0.1) is 30.0 Å². The topological polar surface area (TPSA) is 55.8 Å². The minimum Gasteiger partial charge on any atom is -0.497 e. The van der Waals surface area contributed by atoms with Gasteiger partial charge < -0.3 is 14.4 Å². The van der Waals surface area contributed by atoms with Crippen molar-refractivity contribution < 1.29 is 19.1 Å². The van der Waals surface area contributed by atoms with E-state index in [1.165, 1.54) is 18.3 Å². The molecule has 1 unspecified atom stereocenters. The summed E-state index contributed by atoms with van der Waals surface area (Å²) in [7, 11) is 3.25. The Balaban J connectivity index is 1.92. The number of nitrogens with zero attached hydrogens (tertiary/aromatic N) is 1. The Morgan fingerprint density at radius 3 is 2.52 bits per heavy atom. The Hall–Kier alpha value is -2.34. The lowest BCUT2D eigenvalue weighted by Crippen LogP contribution is -2.30. The molecule has 0 N–H and O–H groups in total. The summed E-state index contributed by atoms with van der Waals surface area (Å²) in [5.74, 6) is 1.44. The molecule has 0 radical (unpaired) electrons. The van der Waals surface area contributed by atoms with Crippen LogP contribution < -0.4 is 9.47 Å². The molecular weight excluding hydrogens is 338 g/mol. The van der Waals surface area contributed by atoms with Crippen molar-refractivity contribution in [3.05, 3.63) is 45.6 Å². The molecule has 5 nitrogen and oxygen atoms in total. The van der Waals surface area contributed by atoms with Gasteiger partial charge in [0.25, 0.3) is 5.91 Å². The summed E-state index contributed by atoms with van der Waals surface area (Å²) in [6.45, 7) is 2.21. The van der Waals surface area contributed by atoms with Crippen LogP contribution in [0, 0.1) is 0 Å². The summed E-state index contributed by atoms with van der Waals surface area (Å²) in [5.41, 5.74) is 0.955. The molecule has 0 saturated carbocycles. The number of carbonyl (C=O) groups is 2. The summed E-state index contributed by atoms with van der Waals surface area (Å²) in [6.07, 6.45) is 1.81. The maximum absolute atomic E-state index is 13.0. The zero-order chi connectivity index (χ0) is 18.0. The molecule has 6 heteroatoms. The van der Waals surface area contributed by atoms with Crippen LogP contribution >= 0.6 is 11.3 Å². The molecule has 25 heavy (non-hydrogen) atoms. The summed E-state index contributed by atoms with van der Waals surface area (Å²) >= 11 is 1.25. The molecule has 2 heterocycles. The summed E-state index contributed by atoms with van der Waals surface area (Å²) < 4.78 is 10.8. The molecule has 1 fully saturated rings. The molecule has 1 aromatic carbocycles. The zero-order valence-corrected chi connectivity index (χ0v) is 15.4. The predicted molar refractivity (Wildman–Crippen MR) is 96.9 cm³/mol. The maximum Gasteiger partial charge on any atom is 0.264 e. The van der Waals surface area contributed by atoms with Crippen LogP contribution in [-0.2, 0) is 0 Å². The third-order valence-electron chi connectivity index (χ3n) is 4.47. The van der Waals surface area contributed by atoms with Gasteiger partial charge >= 0.3 is 0 Å². The van der Waals surface area contributed by atoms with Crippen LogP contribution in [0.5, 0.6) is 11.5 Å². The fourth-order valence-electron chi connectivity index (χ4n) is 3.22. The van der Waals surface area contributed by atoms with Crippen LogP contribution in [0.15, 0.2) is 30.3 Å². The third-order valence-corrected chi connectivity index (χ3v) is 5.65. The Morgan fingerprint density at radius 1 is 1.12 bits per heavy atom. The summed E-state index contributed by atoms with van der Waals surface area (Å²) in [6, 6.07) is 9.06. The SMILES string of the molecule is COc1ccc(OC)c(C2CCCN2C(=O)c2ccc(C(C)=O)s2)c1. The molecule has 0 aliphatic carbocycles. The highest BCUT2D eigenvalue weighted by molar-refractivity contribution is 7.15. The third kappa shape index (κ3) is 3.39. The number of methoxy groups -OCH3 is 2. The average Bonchev–Trinajstić information content (AvgIpc) is 3.30. The van der Waals surface area contributed by atoms with Crippen LogP contribution in [0.4, 0.5) is 0 Å². The number of hydrogen-bond donors (Lipinski definition) is 0. The van der Waals surface area contributed by atoms with E-state index in [4.69, 9.17) is 9.47 Å². The molecule has 3 rings (SSSR count). The Labute approximate surface area is 151 Å². The molecule has 1 aliphatic rings. The number of hydrogen-bond acceptors (Lipinski definition) is 5. The van der Waals surface area contributed by atoms with Crippen LogP contribution in [0.25, 0.3) is 0 Å². The van der Waals surface area contributed by atoms with Gasteiger partial charge in [0.1, 0.15) is 11.5 Å². The summed E-state index contributed by atoms with van der Waals surface area (Å²) in [4.78, 5) is 27.5. The monoisotopic (exact) mass is 359 g/mol. The maximum atomic E-state index is 13.0. The standard InChI is InChI=1S/C19H21NO4S/c1-12(21)17-8-9-18(25-17)19(22)20-10-4-5-15(20)14-11-13(23-2)6-7-16(14)24-3/h6-9,11,15H,4-5,10H2,1-3H3. The van der Waals surface area contributed by atoms with E-state index >= 15 is 0 Å². The highest BCUT2D eigenvalue weighted by Gasteiger charge is 2.33. The zero-order valence-electron chi connectivity index (χ0n) is 14.6. The fourth-order valence-corrected chi connectivity index (χ4v) is 4.07. The number of carbonyl (C=O) groups excluding carboxylic acids is 2. The lowest BCUT2D eigenvalue weighted by atomic mass is 10.0. The molecule has 0 bridgehead atoms. The van der Waals surface area contributed by atoms with E-state index in [2.05, 4.69) is 0 Å². The van der Waals surface area contributed by atoms with Crippen LogP contribution in [0.2, 0.25) is 0 Å². The summed E-state index contributed by atoms with van der Waals surface area (Å²) in [5, 5.41) is 0. The molecule has 132 valence electrons. The quantitative estimate of drug-likeness (QED) is 0.759. The Morgan fingerprint density at radius 2 is 1.88 bits per heavy atom. The van der Waals surface area contributed by atoms with Crippen molar-refractivity contribution in [2.24, 2.45) is 0 Å². The van der Waals surface area contributed by atoms with E-state index in [0.29, 0.717) is 16.3 Å². The number of benzene rings is 1. The van der Waals surface area contributed by atoms with Gasteiger partial charge in [0.2, 0.25) is 0 Å². The van der Waals surface area contributed by atoms with Crippen LogP contribution in [-0.4, -0.2) is 37.4 Å². The largest absolute Gasteiger partial charge is 0.497 e. The Kier molecular flexibility index (Phi) is 5.08. The molecule has 0 spiro atoms. The van der Waals surface area contributed by atoms with Crippen molar-refractivity contribution >= 4 is 23.0 Å². The Bertz CT molecular complexity index is 798. The normalized spacial score (nSPS) is 16.8. The number of ether oxygens (including phenoxy) is 2. The van der Waals surface area contributed by atoms with Crippen LogP contribution in [0.1, 0.15) is 50.7 Å². The molecule has 1 amide bonds. The van der Waals surface area contributed by atoms with Crippen molar-refractivity contribution in [2.45, 2.75) is 25.8 Å². The smallest absolute Gasteiger partial charge is 0.264 e. The van der Waals surface area contributed by atoms with E-state index < -0.39 is 0 Å². The molecule has 1 atom stereocenters. The second-order valence-corrected chi connectivity index (χ2v) is 7.07. The molecule has 1 saturated heterocycles. The average molecular weight is 359 g/mol. The lowest BCUT2D eigenvalue weighted by Gasteiger charge is -2.26. The van der Waals surface area contributed by atoms with Gasteiger partial charge in [-0.25, -0.2) is 0 Å². The highest BCUT2D eigenvalue weighted by atomic mass is 32.1. The first-order valence-electron chi connectivity index (χ1n) is 8.18. The van der Waals surface area contributed by atoms with E-state index in [1.807, 2.05) is 23.1 Å². The van der Waals surface area contributed by atoms with E-state index in [-0.39, 0.29) is 17.7 Å². The van der Waals surface area contributed by atoms with Crippen molar-refractivity contribution in [1.29, 1.82) is 0 Å². The van der Waals surface area contributed by atoms with Gasteiger partial charge in [-0.05, 0) is 50.1 Å². The highest BCUT2D eigenvalue weighted by Crippen LogP contribution is 2.40. The first-order valence-corrected chi connectivity index (χ1v) is 9.00. The molecule has 1 aromatic heterocycles. The minimum absolute atomic E-state index is 0.0171. The van der Waals surface area contributed by atoms with E-state index in [1.54, 1.807) is 26.4 Å². The fraction of sp³-hybridized carbons (Fsp3) is 0.368. The first kappa shape index (κ1) is 17.5. The van der Waals surface area contributed by atoms with Gasteiger partial charge in [0, 0.05) is 12.1 Å². The van der Waals surface area contributed by atoms with Gasteiger partial charge in [-0.15, -0.1) is 11.3 Å². The van der Waals surface area contributed by atoms with Gasteiger partial charge in [-0.1, -0.05) is 0 Å². The number of ketones is 1. The van der Waals surface area contributed by atoms with Crippen molar-refractivity contribution in [3.63, 3.8) is 0 Å². The van der Waals surface area contributed by atoms with E-state index in [0.717, 1.165) is 29.9 Å². The second kappa shape index (κ2) is 7.27. The van der Waals surface area contributed by atoms with Gasteiger partial charge in [-0.2, -0.15) is 0 Å². The predicted octanol–water partition coefficient (Wildman–Crippen LogP) is 3.95. The first-order chi connectivity index (χ1) is 12.0. The minimum atomic E-state index is -0.0552. The van der Waals surface area contributed by atoms with Gasteiger partial charge in [-0.3, -0.25) is 9.59 Å². The molecule has 2 aromatic rings. The van der Waals surface area contributed by atoms with Gasteiger partial charge in [0.15, 0.2) is 5.78 Å². The number of thiophene rings is 1. The lowest BCUT2D eigenvalue weighted by molar-refractivity contribution is 0.0739. The van der Waals surface area contributed by atoms with E-state index in [9.17, 15) is 9.59 Å². The van der Waals surface area contributed by atoms with Crippen molar-refractivity contribution in [3.8, 4) is 11.5 Å². The van der Waals surface area contributed by atoms with Crippen LogP contribution in [0.3, 0.4) is 0 Å². The number of Topliss-reactive ketones (excluding diaryl/α,β-unsaturated/α-hetero) is 1. The van der Waals surface area contributed by atoms with Crippen molar-refractivity contribution in [2.75, 3.05) is 20.8 Å². The molecular formula is C19H21NO4S. The molecule has 1 aliphatic heterocycles. The number of rotatable bonds is 5. The number of likely N-dealkylation sites (tertiary alicyclic amines) is 1. The van der Waals surface area contributed by atoms with Crippen molar-refractivity contribution in [1.82, 2.24) is 4.90 Å². The number of amides is 1. The second-order valence-electron chi connectivity index (χ2n) is 5.98.